The molecule has 1 aromatic heterocycles. The van der Waals surface area contributed by atoms with Gasteiger partial charge in [-0.05, 0) is 39.0 Å². The van der Waals surface area contributed by atoms with Gasteiger partial charge >= 0.3 is 0 Å². The number of benzene rings is 2. The van der Waals surface area contributed by atoms with E-state index in [-0.39, 0.29) is 12.4 Å². The summed E-state index contributed by atoms with van der Waals surface area (Å²) in [6.07, 6.45) is 1.96. The highest BCUT2D eigenvalue weighted by molar-refractivity contribution is 9.10. The second kappa shape index (κ2) is 5.38. The highest BCUT2D eigenvalue weighted by Gasteiger charge is 2.09. The lowest BCUT2D eigenvalue weighted by Gasteiger charge is -2.10. The van der Waals surface area contributed by atoms with E-state index < -0.39 is 0 Å². The molecular formula is C16H13BrFNO. The maximum Gasteiger partial charge on any atom is 0.137 e. The summed E-state index contributed by atoms with van der Waals surface area (Å²) < 4.78 is 16.1. The van der Waals surface area contributed by atoms with Crippen molar-refractivity contribution in [3.05, 3.63) is 70.1 Å². The maximum absolute atomic E-state index is 13.6. The molecule has 0 atom stereocenters. The zero-order chi connectivity index (χ0) is 14.1. The van der Waals surface area contributed by atoms with Gasteiger partial charge in [-0.2, -0.15) is 0 Å². The van der Waals surface area contributed by atoms with Crippen molar-refractivity contribution < 1.29 is 9.50 Å². The molecule has 0 aliphatic heterocycles. The Morgan fingerprint density at radius 1 is 1.05 bits per heavy atom. The highest BCUT2D eigenvalue weighted by atomic mass is 79.9. The fourth-order valence-corrected chi connectivity index (χ4v) is 2.84. The van der Waals surface area contributed by atoms with E-state index in [4.69, 9.17) is 0 Å². The van der Waals surface area contributed by atoms with Crippen LogP contribution in [0.15, 0.2) is 53.1 Å². The third-order valence-corrected chi connectivity index (χ3v) is 4.30. The molecule has 0 amide bonds. The quantitative estimate of drug-likeness (QED) is 0.767. The minimum absolute atomic E-state index is 0.00826. The summed E-state index contributed by atoms with van der Waals surface area (Å²) in [4.78, 5) is 0. The van der Waals surface area contributed by atoms with Crippen LogP contribution >= 0.6 is 15.9 Å². The van der Waals surface area contributed by atoms with E-state index in [0.29, 0.717) is 11.0 Å². The van der Waals surface area contributed by atoms with Gasteiger partial charge in [0.05, 0.1) is 16.6 Å². The molecule has 4 heteroatoms. The van der Waals surface area contributed by atoms with Crippen molar-refractivity contribution in [1.29, 1.82) is 0 Å². The van der Waals surface area contributed by atoms with Gasteiger partial charge in [0.25, 0.3) is 0 Å². The standard InChI is InChI=1S/C16H13BrFNO/c17-15-12(4-2-6-14(15)18)9-19-8-7-11-3-1-5-13(10-20)16(11)19/h1-8,20H,9-10H2. The second-order valence-electron chi connectivity index (χ2n) is 4.67. The largest absolute Gasteiger partial charge is 0.392 e. The van der Waals surface area contributed by atoms with Crippen LogP contribution in [0.2, 0.25) is 0 Å². The van der Waals surface area contributed by atoms with Crippen LogP contribution in [0.3, 0.4) is 0 Å². The smallest absolute Gasteiger partial charge is 0.137 e. The molecule has 0 spiro atoms. The zero-order valence-electron chi connectivity index (χ0n) is 10.7. The van der Waals surface area contributed by atoms with Crippen LogP contribution < -0.4 is 0 Å². The molecule has 3 rings (SSSR count). The predicted molar refractivity (Wildman–Crippen MR) is 81.1 cm³/mol. The van der Waals surface area contributed by atoms with Gasteiger partial charge in [-0.1, -0.05) is 30.3 Å². The van der Waals surface area contributed by atoms with Crippen molar-refractivity contribution in [2.45, 2.75) is 13.2 Å². The number of aliphatic hydroxyl groups is 1. The monoisotopic (exact) mass is 333 g/mol. The van der Waals surface area contributed by atoms with E-state index in [1.807, 2.05) is 41.1 Å². The molecule has 0 fully saturated rings. The first-order valence-electron chi connectivity index (χ1n) is 6.31. The Labute approximate surface area is 124 Å². The lowest BCUT2D eigenvalue weighted by atomic mass is 10.1. The van der Waals surface area contributed by atoms with E-state index >= 15 is 0 Å². The summed E-state index contributed by atoms with van der Waals surface area (Å²) in [7, 11) is 0. The second-order valence-corrected chi connectivity index (χ2v) is 5.46. The number of aliphatic hydroxyl groups excluding tert-OH is 1. The van der Waals surface area contributed by atoms with Crippen molar-refractivity contribution in [3.8, 4) is 0 Å². The molecule has 0 radical (unpaired) electrons. The molecule has 0 unspecified atom stereocenters. The van der Waals surface area contributed by atoms with Crippen LogP contribution in [-0.2, 0) is 13.2 Å². The van der Waals surface area contributed by atoms with Crippen LogP contribution in [0.1, 0.15) is 11.1 Å². The topological polar surface area (TPSA) is 25.2 Å². The fourth-order valence-electron chi connectivity index (χ4n) is 2.45. The Hall–Kier alpha value is -1.65. The van der Waals surface area contributed by atoms with Gasteiger partial charge in [0.2, 0.25) is 0 Å². The van der Waals surface area contributed by atoms with Gasteiger partial charge in [-0.3, -0.25) is 0 Å². The summed E-state index contributed by atoms with van der Waals surface area (Å²) in [5.41, 5.74) is 2.74. The number of nitrogens with zero attached hydrogens (tertiary/aromatic N) is 1. The molecule has 1 heterocycles. The van der Waals surface area contributed by atoms with Crippen molar-refractivity contribution in [3.63, 3.8) is 0 Å². The molecule has 0 aliphatic rings. The first-order chi connectivity index (χ1) is 9.70. The first kappa shape index (κ1) is 13.3. The number of fused-ring (bicyclic) bond motifs is 1. The Morgan fingerprint density at radius 2 is 1.80 bits per heavy atom. The van der Waals surface area contributed by atoms with E-state index in [1.165, 1.54) is 6.07 Å². The molecule has 2 nitrogen and oxygen atoms in total. The molecule has 2 aromatic carbocycles. The van der Waals surface area contributed by atoms with Gasteiger partial charge in [0, 0.05) is 18.3 Å². The lowest BCUT2D eigenvalue weighted by molar-refractivity contribution is 0.283. The minimum Gasteiger partial charge on any atom is -0.392 e. The summed E-state index contributed by atoms with van der Waals surface area (Å²) in [5, 5.41) is 10.5. The molecule has 0 aliphatic carbocycles. The molecule has 0 bridgehead atoms. The molecule has 0 saturated heterocycles. The summed E-state index contributed by atoms with van der Waals surface area (Å²) in [6.45, 7) is 0.546. The first-order valence-corrected chi connectivity index (χ1v) is 7.10. The lowest BCUT2D eigenvalue weighted by Crippen LogP contribution is -2.01. The van der Waals surface area contributed by atoms with Gasteiger partial charge in [-0.25, -0.2) is 4.39 Å². The van der Waals surface area contributed by atoms with Crippen molar-refractivity contribution >= 4 is 26.8 Å². The van der Waals surface area contributed by atoms with Crippen LogP contribution in [0, 0.1) is 5.82 Å². The van der Waals surface area contributed by atoms with Gasteiger partial charge < -0.3 is 9.67 Å². The average molecular weight is 334 g/mol. The van der Waals surface area contributed by atoms with Crippen LogP contribution in [0.25, 0.3) is 10.9 Å². The summed E-state index contributed by atoms with van der Waals surface area (Å²) in [6, 6.07) is 12.9. The summed E-state index contributed by atoms with van der Waals surface area (Å²) >= 11 is 3.29. The third-order valence-electron chi connectivity index (χ3n) is 3.41. The van der Waals surface area contributed by atoms with Crippen molar-refractivity contribution in [2.75, 3.05) is 0 Å². The maximum atomic E-state index is 13.6. The number of hydrogen-bond donors (Lipinski definition) is 1. The number of para-hydroxylation sites is 1. The summed E-state index contributed by atoms with van der Waals surface area (Å²) in [5.74, 6) is -0.263. The Morgan fingerprint density at radius 3 is 2.60 bits per heavy atom. The van der Waals surface area contributed by atoms with Crippen molar-refractivity contribution in [1.82, 2.24) is 4.57 Å². The van der Waals surface area contributed by atoms with Gasteiger partial charge in [-0.15, -0.1) is 0 Å². The number of halogens is 2. The number of rotatable bonds is 3. The van der Waals surface area contributed by atoms with Gasteiger partial charge in [0.15, 0.2) is 0 Å². The van der Waals surface area contributed by atoms with Crippen LogP contribution in [-0.4, -0.2) is 9.67 Å². The minimum atomic E-state index is -0.263. The highest BCUT2D eigenvalue weighted by Crippen LogP contribution is 2.25. The molecule has 20 heavy (non-hydrogen) atoms. The van der Waals surface area contributed by atoms with E-state index in [0.717, 1.165) is 22.0 Å². The molecule has 3 aromatic rings. The molecule has 1 N–H and O–H groups in total. The van der Waals surface area contributed by atoms with Crippen LogP contribution in [0.5, 0.6) is 0 Å². The Bertz CT molecular complexity index is 766. The SMILES string of the molecule is OCc1cccc2ccn(Cc3cccc(F)c3Br)c12. The number of hydrogen-bond acceptors (Lipinski definition) is 1. The molecule has 0 saturated carbocycles. The van der Waals surface area contributed by atoms with E-state index in [9.17, 15) is 9.50 Å². The molecular weight excluding hydrogens is 321 g/mol. The van der Waals surface area contributed by atoms with E-state index in [2.05, 4.69) is 15.9 Å². The Kier molecular flexibility index (Phi) is 3.59. The van der Waals surface area contributed by atoms with Crippen LogP contribution in [0.4, 0.5) is 4.39 Å². The average Bonchev–Trinajstić information content (AvgIpc) is 2.87. The van der Waals surface area contributed by atoms with Crippen molar-refractivity contribution in [2.24, 2.45) is 0 Å². The van der Waals surface area contributed by atoms with Gasteiger partial charge in [0.1, 0.15) is 5.82 Å². The molecule has 102 valence electrons. The fraction of sp³-hybridized carbons (Fsp3) is 0.125. The normalized spacial score (nSPS) is 11.2. The predicted octanol–water partition coefficient (Wildman–Crippen LogP) is 4.08. The zero-order valence-corrected chi connectivity index (χ0v) is 12.3. The third kappa shape index (κ3) is 2.25. The Balaban J connectivity index is 2.09. The number of aromatic nitrogens is 1. The van der Waals surface area contributed by atoms with E-state index in [1.54, 1.807) is 6.07 Å².